The van der Waals surface area contributed by atoms with Crippen molar-refractivity contribution in [2.75, 3.05) is 6.61 Å². The van der Waals surface area contributed by atoms with Gasteiger partial charge in [-0.05, 0) is 27.7 Å². The molecule has 0 saturated carbocycles. The van der Waals surface area contributed by atoms with Gasteiger partial charge in [0.2, 0.25) is 5.91 Å². The minimum Gasteiger partial charge on any atom is -0.463 e. The van der Waals surface area contributed by atoms with Crippen molar-refractivity contribution in [2.24, 2.45) is 0 Å². The van der Waals surface area contributed by atoms with Crippen molar-refractivity contribution in [3.63, 3.8) is 0 Å². The van der Waals surface area contributed by atoms with Crippen molar-refractivity contribution >= 4 is 35.4 Å². The Balaban J connectivity index is 3.76. The van der Waals surface area contributed by atoms with Crippen LogP contribution in [0.2, 0.25) is 0 Å². The van der Waals surface area contributed by atoms with E-state index < -0.39 is 51.7 Å². The van der Waals surface area contributed by atoms with Gasteiger partial charge in [0.1, 0.15) is 17.7 Å². The number of halogens is 1. The summed E-state index contributed by atoms with van der Waals surface area (Å²) < 4.78 is 22.3. The maximum absolute atomic E-state index is 12.0. The monoisotopic (exact) mass is 421 g/mol. The van der Waals surface area contributed by atoms with E-state index in [1.807, 2.05) is 0 Å². The third-order valence-corrected chi connectivity index (χ3v) is 5.94. The number of amides is 1. The third-order valence-electron chi connectivity index (χ3n) is 5.41. The predicted octanol–water partition coefficient (Wildman–Crippen LogP) is 1.44. The lowest BCUT2D eigenvalue weighted by Gasteiger charge is -2.64. The Morgan fingerprint density at radius 3 is 1.75 bits per heavy atom. The molecule has 0 aliphatic carbocycles. The van der Waals surface area contributed by atoms with Gasteiger partial charge in [-0.3, -0.25) is 19.2 Å². The fourth-order valence-corrected chi connectivity index (χ4v) is 4.07. The molecule has 0 radical (unpaired) electrons. The van der Waals surface area contributed by atoms with Crippen LogP contribution >= 0.6 is 11.6 Å². The standard InChI is InChI=1S/C18H28ClNO8/c1-10(21)20-16(6)14(19)28-15(5,9-25-11(2)22)17(7,26-12(3)23)18(16,8)27-13(4)24/h14H,9H2,1-8H3,(H,20,21)/t14-,15-,16+,17+,18+/m1/s1. The highest BCUT2D eigenvalue weighted by molar-refractivity contribution is 6.21. The molecule has 0 aromatic carbocycles. The van der Waals surface area contributed by atoms with Crippen LogP contribution in [0.15, 0.2) is 0 Å². The Labute approximate surface area is 169 Å². The van der Waals surface area contributed by atoms with Gasteiger partial charge in [0.05, 0.1) is 0 Å². The molecule has 160 valence electrons. The van der Waals surface area contributed by atoms with Crippen molar-refractivity contribution in [3.05, 3.63) is 0 Å². The lowest BCUT2D eigenvalue weighted by molar-refractivity contribution is -0.332. The van der Waals surface area contributed by atoms with E-state index in [0.717, 1.165) is 0 Å². The number of alkyl halides is 1. The number of hydrogen-bond donors (Lipinski definition) is 1. The van der Waals surface area contributed by atoms with Gasteiger partial charge in [0.15, 0.2) is 16.8 Å². The lowest BCUT2D eigenvalue weighted by atomic mass is 9.62. The van der Waals surface area contributed by atoms with Crippen molar-refractivity contribution in [1.29, 1.82) is 0 Å². The molecule has 0 unspecified atom stereocenters. The van der Waals surface area contributed by atoms with E-state index in [9.17, 15) is 19.2 Å². The summed E-state index contributed by atoms with van der Waals surface area (Å²) in [5, 5.41) is 2.66. The van der Waals surface area contributed by atoms with Crippen molar-refractivity contribution in [1.82, 2.24) is 5.32 Å². The fourth-order valence-electron chi connectivity index (χ4n) is 3.61. The molecular formula is C18H28ClNO8. The zero-order valence-corrected chi connectivity index (χ0v) is 18.2. The second kappa shape index (κ2) is 7.87. The van der Waals surface area contributed by atoms with Crippen LogP contribution in [0.5, 0.6) is 0 Å². The summed E-state index contributed by atoms with van der Waals surface area (Å²) in [7, 11) is 0. The molecule has 1 aliphatic heterocycles. The van der Waals surface area contributed by atoms with E-state index in [2.05, 4.69) is 5.32 Å². The number of hydrogen-bond acceptors (Lipinski definition) is 8. The molecule has 1 heterocycles. The van der Waals surface area contributed by atoms with Gasteiger partial charge in [0, 0.05) is 27.7 Å². The first-order valence-corrected chi connectivity index (χ1v) is 9.11. The van der Waals surface area contributed by atoms with E-state index in [-0.39, 0.29) is 6.61 Å². The minimum atomic E-state index is -1.71. The molecule has 0 aromatic rings. The molecule has 1 saturated heterocycles. The van der Waals surface area contributed by atoms with Gasteiger partial charge in [0.25, 0.3) is 0 Å². The van der Waals surface area contributed by atoms with Crippen LogP contribution in [0.1, 0.15) is 55.4 Å². The summed E-state index contributed by atoms with van der Waals surface area (Å²) >= 11 is 6.49. The SMILES string of the molecule is CC(=O)N[C@@]1(C)[C@H](Cl)O[C@](C)(COC(C)=O)[C@](C)(OC(C)=O)[C@@]1(C)OC(C)=O. The molecule has 1 aliphatic rings. The molecule has 5 atom stereocenters. The van der Waals surface area contributed by atoms with E-state index in [0.29, 0.717) is 0 Å². The van der Waals surface area contributed by atoms with Crippen LogP contribution in [0.3, 0.4) is 0 Å². The van der Waals surface area contributed by atoms with E-state index in [4.69, 9.17) is 30.5 Å². The lowest BCUT2D eigenvalue weighted by Crippen LogP contribution is -2.85. The topological polar surface area (TPSA) is 117 Å². The fraction of sp³-hybridized carbons (Fsp3) is 0.778. The molecule has 9 nitrogen and oxygen atoms in total. The molecule has 1 fully saturated rings. The maximum Gasteiger partial charge on any atom is 0.303 e. The van der Waals surface area contributed by atoms with Gasteiger partial charge in [-0.25, -0.2) is 0 Å². The second-order valence-corrected chi connectivity index (χ2v) is 7.98. The van der Waals surface area contributed by atoms with Crippen LogP contribution in [-0.4, -0.2) is 58.3 Å². The Hall–Kier alpha value is -1.87. The molecule has 0 bridgehead atoms. The number of ether oxygens (including phenoxy) is 4. The molecule has 0 aromatic heterocycles. The van der Waals surface area contributed by atoms with Gasteiger partial charge in [-0.1, -0.05) is 11.6 Å². The smallest absolute Gasteiger partial charge is 0.303 e. The van der Waals surface area contributed by atoms with E-state index in [1.54, 1.807) is 0 Å². The van der Waals surface area contributed by atoms with Gasteiger partial charge < -0.3 is 24.3 Å². The van der Waals surface area contributed by atoms with Crippen LogP contribution in [0, 0.1) is 0 Å². The van der Waals surface area contributed by atoms with Crippen molar-refractivity contribution in [3.8, 4) is 0 Å². The number of carbonyl (C=O) groups is 4. The van der Waals surface area contributed by atoms with E-state index in [1.165, 1.54) is 55.4 Å². The van der Waals surface area contributed by atoms with Crippen LogP contribution in [-0.2, 0) is 38.1 Å². The number of rotatable bonds is 5. The first-order chi connectivity index (χ1) is 12.5. The Bertz CT molecular complexity index is 684. The zero-order valence-electron chi connectivity index (χ0n) is 17.4. The zero-order chi connectivity index (χ0) is 22.1. The molecule has 10 heteroatoms. The highest BCUT2D eigenvalue weighted by Crippen LogP contribution is 2.54. The summed E-state index contributed by atoms with van der Waals surface area (Å²) in [6.45, 7) is 10.5. The second-order valence-electron chi connectivity index (χ2n) is 7.58. The minimum absolute atomic E-state index is 0.345. The molecular weight excluding hydrogens is 394 g/mol. The Morgan fingerprint density at radius 1 is 0.893 bits per heavy atom. The first-order valence-electron chi connectivity index (χ1n) is 8.68. The highest BCUT2D eigenvalue weighted by Gasteiger charge is 2.75. The molecule has 1 rings (SSSR count). The molecule has 0 spiro atoms. The third kappa shape index (κ3) is 3.96. The number of carbonyl (C=O) groups excluding carboxylic acids is 4. The molecule has 28 heavy (non-hydrogen) atoms. The molecule has 1 N–H and O–H groups in total. The Morgan fingerprint density at radius 2 is 1.36 bits per heavy atom. The summed E-state index contributed by atoms with van der Waals surface area (Å²) in [6.07, 6.45) is 0. The number of esters is 3. The van der Waals surface area contributed by atoms with Crippen LogP contribution in [0.25, 0.3) is 0 Å². The van der Waals surface area contributed by atoms with Gasteiger partial charge in [-0.2, -0.15) is 0 Å². The van der Waals surface area contributed by atoms with Crippen molar-refractivity contribution in [2.45, 2.75) is 83.3 Å². The van der Waals surface area contributed by atoms with Crippen LogP contribution in [0.4, 0.5) is 0 Å². The summed E-state index contributed by atoms with van der Waals surface area (Å²) in [5.41, 5.74) is -7.67. The maximum atomic E-state index is 12.0. The summed E-state index contributed by atoms with van der Waals surface area (Å²) in [6, 6.07) is 0. The summed E-state index contributed by atoms with van der Waals surface area (Å²) in [4.78, 5) is 47.3. The Kier molecular flexibility index (Phi) is 6.79. The predicted molar refractivity (Wildman–Crippen MR) is 98.3 cm³/mol. The normalized spacial score (nSPS) is 37.5. The van der Waals surface area contributed by atoms with Crippen LogP contribution < -0.4 is 5.32 Å². The largest absolute Gasteiger partial charge is 0.463 e. The highest BCUT2D eigenvalue weighted by atomic mass is 35.5. The first kappa shape index (κ1) is 24.2. The van der Waals surface area contributed by atoms with Crippen molar-refractivity contribution < 1.29 is 38.1 Å². The molecule has 1 amide bonds. The average Bonchev–Trinajstić information content (AvgIpc) is 2.49. The van der Waals surface area contributed by atoms with Gasteiger partial charge >= 0.3 is 17.9 Å². The van der Waals surface area contributed by atoms with E-state index >= 15 is 0 Å². The number of nitrogens with one attached hydrogen (secondary N) is 1. The van der Waals surface area contributed by atoms with Gasteiger partial charge in [-0.15, -0.1) is 0 Å². The summed E-state index contributed by atoms with van der Waals surface area (Å²) in [5.74, 6) is -2.45. The average molecular weight is 422 g/mol. The quantitative estimate of drug-likeness (QED) is 0.402.